The van der Waals surface area contributed by atoms with E-state index in [-0.39, 0.29) is 36.5 Å². The number of carboxylic acid groups (broad SMARTS) is 1. The van der Waals surface area contributed by atoms with Crippen LogP contribution in [0.5, 0.6) is 0 Å². The summed E-state index contributed by atoms with van der Waals surface area (Å²) >= 11 is 3.94. The predicted molar refractivity (Wildman–Crippen MR) is 129 cm³/mol. The van der Waals surface area contributed by atoms with Gasteiger partial charge >= 0.3 is 5.97 Å². The highest BCUT2D eigenvalue weighted by Crippen LogP contribution is 2.11. The molecule has 5 unspecified atom stereocenters. The first-order valence-corrected chi connectivity index (χ1v) is 11.5. The van der Waals surface area contributed by atoms with E-state index in [9.17, 15) is 24.3 Å². The molecule has 0 bridgehead atoms. The van der Waals surface area contributed by atoms with Crippen LogP contribution in [0.1, 0.15) is 47.0 Å². The molecular formula is C20H39N7O5S. The third-order valence-corrected chi connectivity index (χ3v) is 5.55. The van der Waals surface area contributed by atoms with Gasteiger partial charge in [0.1, 0.15) is 18.1 Å². The van der Waals surface area contributed by atoms with Crippen LogP contribution in [0, 0.1) is 11.8 Å². The van der Waals surface area contributed by atoms with Crippen molar-refractivity contribution in [2.45, 2.75) is 71.1 Å². The maximum Gasteiger partial charge on any atom is 0.327 e. The molecule has 0 aliphatic heterocycles. The quantitative estimate of drug-likeness (QED) is 0.0587. The zero-order valence-electron chi connectivity index (χ0n) is 19.7. The monoisotopic (exact) mass is 489 g/mol. The van der Waals surface area contributed by atoms with Crippen molar-refractivity contribution < 1.29 is 24.3 Å². The molecule has 0 aromatic carbocycles. The summed E-state index contributed by atoms with van der Waals surface area (Å²) in [6, 6.07) is -4.03. The van der Waals surface area contributed by atoms with Crippen LogP contribution in [-0.4, -0.2) is 71.2 Å². The number of nitrogens with two attached hydrogens (primary N) is 3. The van der Waals surface area contributed by atoms with Crippen LogP contribution in [0.2, 0.25) is 0 Å². The van der Waals surface area contributed by atoms with Crippen LogP contribution < -0.4 is 33.2 Å². The normalized spacial score (nSPS) is 15.5. The molecule has 0 aromatic heterocycles. The first kappa shape index (κ1) is 30.5. The van der Waals surface area contributed by atoms with Crippen LogP contribution in [0.25, 0.3) is 0 Å². The first-order chi connectivity index (χ1) is 15.3. The summed E-state index contributed by atoms with van der Waals surface area (Å²) in [5.74, 6) is -3.64. The second-order valence-corrected chi connectivity index (χ2v) is 8.60. The minimum Gasteiger partial charge on any atom is -0.480 e. The molecule has 5 atom stereocenters. The van der Waals surface area contributed by atoms with Gasteiger partial charge in [0.2, 0.25) is 17.7 Å². The van der Waals surface area contributed by atoms with Gasteiger partial charge in [-0.15, -0.1) is 0 Å². The molecule has 0 heterocycles. The average molecular weight is 490 g/mol. The standard InChI is InChI=1S/C20H39N7O5S/c1-5-11(4)15(18(30)26-13(9-33)19(31)32)27-16(28)12(7-6-8-24-20(22)23)25-17(29)14(21)10(2)3/h10-15,33H,5-9,21H2,1-4H3,(H,25,29)(H,26,30)(H,27,28)(H,31,32)(H4,22,23,24). The van der Waals surface area contributed by atoms with E-state index >= 15 is 0 Å². The van der Waals surface area contributed by atoms with E-state index in [0.29, 0.717) is 12.8 Å². The molecule has 10 N–H and O–H groups in total. The van der Waals surface area contributed by atoms with Crippen molar-refractivity contribution in [1.82, 2.24) is 16.0 Å². The Bertz CT molecular complexity index is 700. The number of nitrogens with one attached hydrogen (secondary N) is 3. The van der Waals surface area contributed by atoms with Gasteiger partial charge in [-0.05, 0) is 24.7 Å². The molecule has 0 radical (unpaired) electrons. The Kier molecular flexibility index (Phi) is 14.1. The van der Waals surface area contributed by atoms with Crippen LogP contribution in [0.4, 0.5) is 0 Å². The number of nitrogens with zero attached hydrogens (tertiary/aromatic N) is 1. The lowest BCUT2D eigenvalue weighted by Gasteiger charge is -2.28. The summed E-state index contributed by atoms with van der Waals surface area (Å²) in [7, 11) is 0. The van der Waals surface area contributed by atoms with E-state index < -0.39 is 47.9 Å². The van der Waals surface area contributed by atoms with Crippen molar-refractivity contribution in [3.63, 3.8) is 0 Å². The zero-order valence-corrected chi connectivity index (χ0v) is 20.6. The number of carboxylic acids is 1. The van der Waals surface area contributed by atoms with Gasteiger partial charge in [0.15, 0.2) is 5.96 Å². The summed E-state index contributed by atoms with van der Waals surface area (Å²) in [6.45, 7) is 7.39. The molecule has 0 fully saturated rings. The maximum atomic E-state index is 13.1. The van der Waals surface area contributed by atoms with Gasteiger partial charge in [0.25, 0.3) is 0 Å². The highest BCUT2D eigenvalue weighted by molar-refractivity contribution is 7.80. The molecule has 0 aliphatic carbocycles. The van der Waals surface area contributed by atoms with Gasteiger partial charge in [0.05, 0.1) is 6.04 Å². The Morgan fingerprint density at radius 2 is 1.55 bits per heavy atom. The van der Waals surface area contributed by atoms with Gasteiger partial charge in [-0.2, -0.15) is 12.6 Å². The van der Waals surface area contributed by atoms with Crippen molar-refractivity contribution in [2.24, 2.45) is 34.0 Å². The van der Waals surface area contributed by atoms with E-state index in [1.165, 1.54) is 0 Å². The fraction of sp³-hybridized carbons (Fsp3) is 0.750. The maximum absolute atomic E-state index is 13.1. The number of carbonyl (C=O) groups excluding carboxylic acids is 3. The number of carbonyl (C=O) groups is 4. The minimum absolute atomic E-state index is 0.0902. The highest BCUT2D eigenvalue weighted by Gasteiger charge is 2.32. The molecule has 3 amide bonds. The lowest BCUT2D eigenvalue weighted by atomic mass is 9.97. The summed E-state index contributed by atoms with van der Waals surface area (Å²) in [4.78, 5) is 53.4. The van der Waals surface area contributed by atoms with Crippen LogP contribution in [0.15, 0.2) is 4.99 Å². The molecule has 33 heavy (non-hydrogen) atoms. The molecule has 190 valence electrons. The fourth-order valence-corrected chi connectivity index (χ4v) is 2.99. The summed E-state index contributed by atoms with van der Waals surface area (Å²) in [6.07, 6.45) is 1.12. The van der Waals surface area contributed by atoms with E-state index in [2.05, 4.69) is 33.6 Å². The molecule has 0 aromatic rings. The van der Waals surface area contributed by atoms with E-state index in [1.807, 2.05) is 6.92 Å². The van der Waals surface area contributed by atoms with Crippen molar-refractivity contribution in [2.75, 3.05) is 12.3 Å². The molecule has 13 heteroatoms. The number of hydrogen-bond acceptors (Lipinski definition) is 7. The Balaban J connectivity index is 5.57. The molecule has 0 saturated heterocycles. The number of guanidine groups is 1. The lowest BCUT2D eigenvalue weighted by molar-refractivity contribution is -0.142. The summed E-state index contributed by atoms with van der Waals surface area (Å²) in [5, 5.41) is 16.9. The summed E-state index contributed by atoms with van der Waals surface area (Å²) < 4.78 is 0. The number of rotatable bonds is 15. The Hall–Kier alpha value is -2.54. The van der Waals surface area contributed by atoms with Crippen molar-refractivity contribution in [3.8, 4) is 0 Å². The van der Waals surface area contributed by atoms with Crippen molar-refractivity contribution in [3.05, 3.63) is 0 Å². The predicted octanol–water partition coefficient (Wildman–Crippen LogP) is -1.46. The Morgan fingerprint density at radius 3 is 2.00 bits per heavy atom. The van der Waals surface area contributed by atoms with E-state index in [0.717, 1.165) is 0 Å². The average Bonchev–Trinajstić information content (AvgIpc) is 2.75. The van der Waals surface area contributed by atoms with Crippen LogP contribution in [0.3, 0.4) is 0 Å². The van der Waals surface area contributed by atoms with Crippen LogP contribution in [-0.2, 0) is 19.2 Å². The van der Waals surface area contributed by atoms with Crippen molar-refractivity contribution in [1.29, 1.82) is 0 Å². The van der Waals surface area contributed by atoms with Gasteiger partial charge in [-0.3, -0.25) is 19.4 Å². The Labute approximate surface area is 200 Å². The SMILES string of the molecule is CCC(C)C(NC(=O)C(CCCN=C(N)N)NC(=O)C(N)C(C)C)C(=O)NC(CS)C(=O)O. The first-order valence-electron chi connectivity index (χ1n) is 10.9. The molecule has 0 spiro atoms. The minimum atomic E-state index is -1.24. The van der Waals surface area contributed by atoms with E-state index in [1.54, 1.807) is 20.8 Å². The zero-order chi connectivity index (χ0) is 25.7. The lowest BCUT2D eigenvalue weighted by Crippen LogP contribution is -2.59. The highest BCUT2D eigenvalue weighted by atomic mass is 32.1. The molecular weight excluding hydrogens is 450 g/mol. The van der Waals surface area contributed by atoms with Crippen LogP contribution >= 0.6 is 12.6 Å². The molecule has 12 nitrogen and oxygen atoms in total. The molecule has 0 rings (SSSR count). The number of aliphatic imine (C=N–C) groups is 1. The van der Waals surface area contributed by atoms with Gasteiger partial charge < -0.3 is 38.3 Å². The number of hydrogen-bond donors (Lipinski definition) is 8. The fourth-order valence-electron chi connectivity index (χ4n) is 2.75. The van der Waals surface area contributed by atoms with Gasteiger partial charge in [-0.25, -0.2) is 4.79 Å². The Morgan fingerprint density at radius 1 is 0.970 bits per heavy atom. The van der Waals surface area contributed by atoms with Gasteiger partial charge in [-0.1, -0.05) is 34.1 Å². The second-order valence-electron chi connectivity index (χ2n) is 8.23. The number of thiol groups is 1. The van der Waals surface area contributed by atoms with Crippen molar-refractivity contribution >= 4 is 42.3 Å². The molecule has 0 aliphatic rings. The topological polar surface area (TPSA) is 215 Å². The summed E-state index contributed by atoms with van der Waals surface area (Å²) in [5.41, 5.74) is 16.5. The number of amides is 3. The third-order valence-electron chi connectivity index (χ3n) is 5.19. The number of aliphatic carboxylic acids is 1. The largest absolute Gasteiger partial charge is 0.480 e. The smallest absolute Gasteiger partial charge is 0.327 e. The third kappa shape index (κ3) is 11.2. The van der Waals surface area contributed by atoms with Gasteiger partial charge in [0, 0.05) is 12.3 Å². The second kappa shape index (κ2) is 15.3. The van der Waals surface area contributed by atoms with E-state index in [4.69, 9.17) is 17.2 Å². The molecule has 0 saturated carbocycles.